The van der Waals surface area contributed by atoms with Crippen molar-refractivity contribution in [1.29, 1.82) is 0 Å². The highest BCUT2D eigenvalue weighted by atomic mass is 16.6. The van der Waals surface area contributed by atoms with E-state index in [1.54, 1.807) is 6.92 Å². The van der Waals surface area contributed by atoms with Gasteiger partial charge in [0.15, 0.2) is 0 Å². The largest absolute Gasteiger partial charge is 0.363 e. The van der Waals surface area contributed by atoms with E-state index in [2.05, 4.69) is 25.6 Å². The standard InChI is InChI=1S/C11H19N7O2/c1-7-9(18(19)20)10(15-11(14-7)16-12)13-6-8-4-3-5-17(8)2/h8H,3-6,12H2,1-2H3,(H2,13,14,15,16). The quantitative estimate of drug-likeness (QED) is 0.405. The zero-order valence-corrected chi connectivity index (χ0v) is 11.6. The minimum absolute atomic E-state index is 0.107. The molecule has 9 nitrogen and oxygen atoms in total. The van der Waals surface area contributed by atoms with Crippen LogP contribution in [0.15, 0.2) is 0 Å². The van der Waals surface area contributed by atoms with Crippen molar-refractivity contribution in [2.24, 2.45) is 5.84 Å². The molecule has 0 saturated carbocycles. The number of nitrogens with one attached hydrogen (secondary N) is 2. The third-order valence-corrected chi connectivity index (χ3v) is 3.55. The molecule has 9 heteroatoms. The van der Waals surface area contributed by atoms with Crippen LogP contribution in [0.4, 0.5) is 17.5 Å². The number of nitrogens with two attached hydrogens (primary N) is 1. The van der Waals surface area contributed by atoms with Crippen molar-refractivity contribution in [1.82, 2.24) is 14.9 Å². The summed E-state index contributed by atoms with van der Waals surface area (Å²) in [5.41, 5.74) is 2.49. The van der Waals surface area contributed by atoms with Crippen LogP contribution < -0.4 is 16.6 Å². The van der Waals surface area contributed by atoms with Gasteiger partial charge in [-0.15, -0.1) is 0 Å². The Morgan fingerprint density at radius 3 is 2.85 bits per heavy atom. The fraction of sp³-hybridized carbons (Fsp3) is 0.636. The summed E-state index contributed by atoms with van der Waals surface area (Å²) < 4.78 is 0. The molecule has 1 aliphatic heterocycles. The Kier molecular flexibility index (Phi) is 4.30. The average Bonchev–Trinajstić information content (AvgIpc) is 2.80. The van der Waals surface area contributed by atoms with Gasteiger partial charge in [0.2, 0.25) is 11.8 Å². The van der Waals surface area contributed by atoms with E-state index in [0.717, 1.165) is 19.4 Å². The fourth-order valence-electron chi connectivity index (χ4n) is 2.43. The summed E-state index contributed by atoms with van der Waals surface area (Å²) in [5, 5.41) is 14.2. The smallest absolute Gasteiger partial charge is 0.332 e. The summed E-state index contributed by atoms with van der Waals surface area (Å²) in [7, 11) is 2.05. The van der Waals surface area contributed by atoms with E-state index in [1.165, 1.54) is 0 Å². The lowest BCUT2D eigenvalue weighted by Gasteiger charge is -2.20. The fourth-order valence-corrected chi connectivity index (χ4v) is 2.43. The molecule has 1 aromatic heterocycles. The van der Waals surface area contributed by atoms with Gasteiger partial charge in [-0.3, -0.25) is 15.5 Å². The first-order chi connectivity index (χ1) is 9.52. The summed E-state index contributed by atoms with van der Waals surface area (Å²) in [6.45, 7) is 3.22. The van der Waals surface area contributed by atoms with Crippen LogP contribution in [0, 0.1) is 17.0 Å². The van der Waals surface area contributed by atoms with Crippen molar-refractivity contribution in [2.75, 3.05) is 30.9 Å². The molecule has 1 atom stereocenters. The maximum atomic E-state index is 11.1. The molecular weight excluding hydrogens is 262 g/mol. The number of hydrogen-bond donors (Lipinski definition) is 3. The van der Waals surface area contributed by atoms with Crippen molar-refractivity contribution in [3.05, 3.63) is 15.8 Å². The second kappa shape index (κ2) is 5.97. The zero-order chi connectivity index (χ0) is 14.7. The summed E-state index contributed by atoms with van der Waals surface area (Å²) in [6, 6.07) is 0.360. The van der Waals surface area contributed by atoms with Crippen LogP contribution in [0.5, 0.6) is 0 Å². The maximum Gasteiger partial charge on any atom is 0.332 e. The van der Waals surface area contributed by atoms with Gasteiger partial charge in [-0.1, -0.05) is 0 Å². The SMILES string of the molecule is Cc1nc(NN)nc(NCC2CCCN2C)c1[N+](=O)[O-]. The van der Waals surface area contributed by atoms with E-state index < -0.39 is 4.92 Å². The van der Waals surface area contributed by atoms with Crippen LogP contribution >= 0.6 is 0 Å². The number of hydrogen-bond acceptors (Lipinski definition) is 8. The molecule has 0 aliphatic carbocycles. The minimum Gasteiger partial charge on any atom is -0.363 e. The number of hydrazine groups is 1. The van der Waals surface area contributed by atoms with E-state index >= 15 is 0 Å². The molecule has 0 radical (unpaired) electrons. The number of nitrogen functional groups attached to an aromatic ring is 1. The summed E-state index contributed by atoms with van der Waals surface area (Å²) in [4.78, 5) is 20.9. The van der Waals surface area contributed by atoms with Gasteiger partial charge in [0.1, 0.15) is 5.69 Å². The molecule has 0 amide bonds. The second-order valence-corrected chi connectivity index (χ2v) is 4.89. The number of aromatic nitrogens is 2. The molecule has 1 unspecified atom stereocenters. The Hall–Kier alpha value is -2.00. The molecule has 2 rings (SSSR count). The van der Waals surface area contributed by atoms with Gasteiger partial charge >= 0.3 is 5.69 Å². The maximum absolute atomic E-state index is 11.1. The van der Waals surface area contributed by atoms with Gasteiger partial charge in [-0.25, -0.2) is 10.8 Å². The van der Waals surface area contributed by atoms with Crippen LogP contribution in [-0.4, -0.2) is 46.0 Å². The van der Waals surface area contributed by atoms with Gasteiger partial charge in [-0.05, 0) is 33.4 Å². The molecule has 20 heavy (non-hydrogen) atoms. The molecule has 2 heterocycles. The number of nitro groups is 1. The molecule has 1 fully saturated rings. The van der Waals surface area contributed by atoms with Crippen LogP contribution in [-0.2, 0) is 0 Å². The van der Waals surface area contributed by atoms with Crippen molar-refractivity contribution in [3.8, 4) is 0 Å². The van der Waals surface area contributed by atoms with Crippen molar-refractivity contribution < 1.29 is 4.92 Å². The van der Waals surface area contributed by atoms with Gasteiger partial charge < -0.3 is 10.2 Å². The molecule has 0 aromatic carbocycles. The lowest BCUT2D eigenvalue weighted by molar-refractivity contribution is -0.385. The highest BCUT2D eigenvalue weighted by Gasteiger charge is 2.25. The molecule has 1 saturated heterocycles. The number of nitrogens with zero attached hydrogens (tertiary/aromatic N) is 4. The first-order valence-electron chi connectivity index (χ1n) is 6.46. The summed E-state index contributed by atoms with van der Waals surface area (Å²) in [6.07, 6.45) is 2.21. The third-order valence-electron chi connectivity index (χ3n) is 3.55. The monoisotopic (exact) mass is 281 g/mol. The van der Waals surface area contributed by atoms with Gasteiger partial charge in [-0.2, -0.15) is 4.98 Å². The number of likely N-dealkylation sites (tertiary alicyclic amines) is 1. The molecular formula is C11H19N7O2. The van der Waals surface area contributed by atoms with Crippen LogP contribution in [0.2, 0.25) is 0 Å². The first-order valence-corrected chi connectivity index (χ1v) is 6.46. The van der Waals surface area contributed by atoms with Crippen LogP contribution in [0.3, 0.4) is 0 Å². The number of rotatable bonds is 5. The Bertz CT molecular complexity index is 508. The van der Waals surface area contributed by atoms with Gasteiger partial charge in [0.25, 0.3) is 0 Å². The predicted molar refractivity (Wildman–Crippen MR) is 75.4 cm³/mol. The summed E-state index contributed by atoms with van der Waals surface area (Å²) in [5.74, 6) is 5.64. The second-order valence-electron chi connectivity index (χ2n) is 4.89. The Morgan fingerprint density at radius 1 is 1.55 bits per heavy atom. The van der Waals surface area contributed by atoms with Crippen molar-refractivity contribution >= 4 is 17.5 Å². The van der Waals surface area contributed by atoms with E-state index in [1.807, 2.05) is 7.05 Å². The molecule has 110 valence electrons. The van der Waals surface area contributed by atoms with Crippen LogP contribution in [0.1, 0.15) is 18.5 Å². The highest BCUT2D eigenvalue weighted by Crippen LogP contribution is 2.27. The van der Waals surface area contributed by atoms with E-state index in [9.17, 15) is 10.1 Å². The molecule has 1 aromatic rings. The number of anilines is 2. The van der Waals surface area contributed by atoms with Crippen molar-refractivity contribution in [2.45, 2.75) is 25.8 Å². The Morgan fingerprint density at radius 2 is 2.30 bits per heavy atom. The lowest BCUT2D eigenvalue weighted by atomic mass is 10.2. The normalized spacial score (nSPS) is 19.1. The predicted octanol–water partition coefficient (Wildman–Crippen LogP) is 0.485. The van der Waals surface area contributed by atoms with Crippen LogP contribution in [0.25, 0.3) is 0 Å². The average molecular weight is 281 g/mol. The third kappa shape index (κ3) is 2.94. The Balaban J connectivity index is 2.20. The topological polar surface area (TPSA) is 122 Å². The highest BCUT2D eigenvalue weighted by molar-refractivity contribution is 5.60. The van der Waals surface area contributed by atoms with Gasteiger partial charge in [0.05, 0.1) is 4.92 Å². The number of aryl methyl sites for hydroxylation is 1. The number of likely N-dealkylation sites (N-methyl/N-ethyl adjacent to an activating group) is 1. The first kappa shape index (κ1) is 14.4. The van der Waals surface area contributed by atoms with E-state index in [-0.39, 0.29) is 23.1 Å². The Labute approximate surface area is 116 Å². The molecule has 4 N–H and O–H groups in total. The van der Waals surface area contributed by atoms with Gasteiger partial charge in [0, 0.05) is 12.6 Å². The van der Waals surface area contributed by atoms with E-state index in [0.29, 0.717) is 12.6 Å². The van der Waals surface area contributed by atoms with E-state index in [4.69, 9.17) is 5.84 Å². The summed E-state index contributed by atoms with van der Waals surface area (Å²) >= 11 is 0. The van der Waals surface area contributed by atoms with Crippen molar-refractivity contribution in [3.63, 3.8) is 0 Å². The molecule has 0 bridgehead atoms. The minimum atomic E-state index is -0.476. The zero-order valence-electron chi connectivity index (χ0n) is 11.6. The molecule has 0 spiro atoms. The lowest BCUT2D eigenvalue weighted by Crippen LogP contribution is -2.32. The molecule has 1 aliphatic rings.